The fraction of sp³-hybridized carbons (Fsp3) is 0.417. The molecule has 1 aliphatic rings. The average Bonchev–Trinajstić information content (AvgIpc) is 2.82. The Morgan fingerprint density at radius 3 is 2.89 bits per heavy atom. The van der Waals surface area contributed by atoms with Gasteiger partial charge in [-0.2, -0.15) is 5.26 Å². The molecule has 1 atom stereocenters. The van der Waals surface area contributed by atoms with Gasteiger partial charge in [-0.3, -0.25) is 0 Å². The zero-order chi connectivity index (χ0) is 13.2. The highest BCUT2D eigenvalue weighted by molar-refractivity contribution is 7.90. The van der Waals surface area contributed by atoms with Crippen molar-refractivity contribution >= 4 is 10.0 Å². The summed E-state index contributed by atoms with van der Waals surface area (Å²) in [4.78, 5) is 0. The van der Waals surface area contributed by atoms with Crippen LogP contribution in [0.1, 0.15) is 23.6 Å². The van der Waals surface area contributed by atoms with Crippen LogP contribution in [0, 0.1) is 11.3 Å². The smallest absolute Gasteiger partial charge is 0.227 e. The standard InChI is InChI=1S/C12H15N3O2S/c1-9(5-13)18(16,17)15-6-10-2-3-11-7-14-8-12(11)4-10/h2-4,9,14-15H,6-8H2,1H3. The molecule has 0 bridgehead atoms. The van der Waals surface area contributed by atoms with E-state index in [1.54, 1.807) is 6.07 Å². The molecule has 96 valence electrons. The molecule has 0 radical (unpaired) electrons. The molecule has 1 aromatic rings. The quantitative estimate of drug-likeness (QED) is 0.836. The predicted molar refractivity (Wildman–Crippen MR) is 67.8 cm³/mol. The van der Waals surface area contributed by atoms with Crippen LogP contribution in [0.25, 0.3) is 0 Å². The number of nitriles is 1. The molecule has 0 amide bonds. The summed E-state index contributed by atoms with van der Waals surface area (Å²) in [6.45, 7) is 3.29. The van der Waals surface area contributed by atoms with Gasteiger partial charge in [-0.05, 0) is 23.6 Å². The van der Waals surface area contributed by atoms with E-state index in [4.69, 9.17) is 5.26 Å². The Balaban J connectivity index is 2.06. The van der Waals surface area contributed by atoms with Crippen LogP contribution in [-0.2, 0) is 29.7 Å². The molecular weight excluding hydrogens is 250 g/mol. The van der Waals surface area contributed by atoms with Gasteiger partial charge in [0.15, 0.2) is 5.25 Å². The SMILES string of the molecule is CC(C#N)S(=O)(=O)NCc1ccc2c(c1)CNC2. The van der Waals surface area contributed by atoms with Crippen LogP contribution in [0.5, 0.6) is 0 Å². The van der Waals surface area contributed by atoms with Crippen molar-refractivity contribution in [2.24, 2.45) is 0 Å². The van der Waals surface area contributed by atoms with E-state index in [2.05, 4.69) is 10.0 Å². The number of nitrogens with zero attached hydrogens (tertiary/aromatic N) is 1. The lowest BCUT2D eigenvalue weighted by atomic mass is 10.1. The topological polar surface area (TPSA) is 82.0 Å². The zero-order valence-electron chi connectivity index (χ0n) is 10.1. The first kappa shape index (κ1) is 13.0. The number of sulfonamides is 1. The highest BCUT2D eigenvalue weighted by Crippen LogP contribution is 2.17. The molecule has 18 heavy (non-hydrogen) atoms. The Bertz CT molecular complexity index is 590. The first-order valence-corrected chi connectivity index (χ1v) is 7.27. The van der Waals surface area contributed by atoms with E-state index in [0.29, 0.717) is 0 Å². The second-order valence-corrected chi connectivity index (χ2v) is 6.43. The first-order valence-electron chi connectivity index (χ1n) is 5.72. The van der Waals surface area contributed by atoms with E-state index in [0.717, 1.165) is 18.7 Å². The van der Waals surface area contributed by atoms with Crippen molar-refractivity contribution in [2.45, 2.75) is 31.8 Å². The van der Waals surface area contributed by atoms with Crippen molar-refractivity contribution in [1.82, 2.24) is 10.0 Å². The van der Waals surface area contributed by atoms with Gasteiger partial charge in [0.25, 0.3) is 0 Å². The van der Waals surface area contributed by atoms with Crippen molar-refractivity contribution in [1.29, 1.82) is 5.26 Å². The highest BCUT2D eigenvalue weighted by atomic mass is 32.2. The number of hydrogen-bond donors (Lipinski definition) is 2. The van der Waals surface area contributed by atoms with Gasteiger partial charge in [0.1, 0.15) is 0 Å². The van der Waals surface area contributed by atoms with Gasteiger partial charge in [0, 0.05) is 19.6 Å². The summed E-state index contributed by atoms with van der Waals surface area (Å²) < 4.78 is 25.7. The summed E-state index contributed by atoms with van der Waals surface area (Å²) in [5, 5.41) is 10.8. The van der Waals surface area contributed by atoms with Crippen LogP contribution in [0.2, 0.25) is 0 Å². The predicted octanol–water partition coefficient (Wildman–Crippen LogP) is 0.621. The van der Waals surface area contributed by atoms with Crippen LogP contribution in [0.3, 0.4) is 0 Å². The van der Waals surface area contributed by atoms with Crippen LogP contribution in [0.4, 0.5) is 0 Å². The Morgan fingerprint density at radius 1 is 1.44 bits per heavy atom. The molecule has 2 rings (SSSR count). The Labute approximate surface area is 107 Å². The van der Waals surface area contributed by atoms with Crippen molar-refractivity contribution in [3.63, 3.8) is 0 Å². The van der Waals surface area contributed by atoms with Crippen molar-refractivity contribution in [3.05, 3.63) is 34.9 Å². The van der Waals surface area contributed by atoms with Crippen LogP contribution in [-0.4, -0.2) is 13.7 Å². The monoisotopic (exact) mass is 265 g/mol. The Hall–Kier alpha value is -1.42. The van der Waals surface area contributed by atoms with Gasteiger partial charge in [0.05, 0.1) is 6.07 Å². The Kier molecular flexibility index (Phi) is 3.66. The Morgan fingerprint density at radius 2 is 2.17 bits per heavy atom. The lowest BCUT2D eigenvalue weighted by molar-refractivity contribution is 0.577. The molecule has 1 heterocycles. The fourth-order valence-corrected chi connectivity index (χ4v) is 2.59. The lowest BCUT2D eigenvalue weighted by Crippen LogP contribution is -2.31. The molecule has 5 nitrogen and oxygen atoms in total. The molecular formula is C12H15N3O2S. The van der Waals surface area contributed by atoms with E-state index >= 15 is 0 Å². The molecule has 0 fully saturated rings. The van der Waals surface area contributed by atoms with E-state index in [-0.39, 0.29) is 6.54 Å². The number of hydrogen-bond acceptors (Lipinski definition) is 4. The number of rotatable bonds is 4. The van der Waals surface area contributed by atoms with Crippen LogP contribution < -0.4 is 10.0 Å². The third kappa shape index (κ3) is 2.70. The minimum atomic E-state index is -3.55. The third-order valence-corrected chi connectivity index (χ3v) is 4.61. The fourth-order valence-electron chi connectivity index (χ4n) is 1.84. The number of benzene rings is 1. The minimum absolute atomic E-state index is 0.224. The average molecular weight is 265 g/mol. The summed E-state index contributed by atoms with van der Waals surface area (Å²) in [6, 6.07) is 7.63. The van der Waals surface area contributed by atoms with Crippen LogP contribution in [0.15, 0.2) is 18.2 Å². The molecule has 6 heteroatoms. The first-order chi connectivity index (χ1) is 8.53. The summed E-state index contributed by atoms with van der Waals surface area (Å²) >= 11 is 0. The van der Waals surface area contributed by atoms with Crippen molar-refractivity contribution < 1.29 is 8.42 Å². The maximum Gasteiger partial charge on any atom is 0.227 e. The van der Waals surface area contributed by atoms with Crippen molar-refractivity contribution in [3.8, 4) is 6.07 Å². The zero-order valence-corrected chi connectivity index (χ0v) is 10.9. The van der Waals surface area contributed by atoms with Gasteiger partial charge in [0.2, 0.25) is 10.0 Å². The summed E-state index contributed by atoms with van der Waals surface area (Å²) in [6.07, 6.45) is 0. The number of fused-ring (bicyclic) bond motifs is 1. The molecule has 1 unspecified atom stereocenters. The van der Waals surface area contributed by atoms with Gasteiger partial charge < -0.3 is 5.32 Å². The second-order valence-electron chi connectivity index (χ2n) is 4.34. The maximum atomic E-state index is 11.6. The molecule has 0 saturated heterocycles. The third-order valence-electron chi connectivity index (χ3n) is 3.03. The summed E-state index contributed by atoms with van der Waals surface area (Å²) in [5.41, 5.74) is 3.37. The molecule has 1 aromatic carbocycles. The van der Waals surface area contributed by atoms with Gasteiger partial charge in [-0.1, -0.05) is 18.2 Å². The number of nitrogens with one attached hydrogen (secondary N) is 2. The van der Waals surface area contributed by atoms with Gasteiger partial charge in [-0.25, -0.2) is 13.1 Å². The minimum Gasteiger partial charge on any atom is -0.309 e. The van der Waals surface area contributed by atoms with E-state index in [1.807, 2.05) is 18.2 Å². The van der Waals surface area contributed by atoms with Crippen LogP contribution >= 0.6 is 0 Å². The molecule has 0 saturated carbocycles. The molecule has 0 aromatic heterocycles. The lowest BCUT2D eigenvalue weighted by Gasteiger charge is -2.09. The largest absolute Gasteiger partial charge is 0.309 e. The molecule has 1 aliphatic heterocycles. The van der Waals surface area contributed by atoms with E-state index in [9.17, 15) is 8.42 Å². The second kappa shape index (κ2) is 5.06. The normalized spacial score (nSPS) is 16.0. The van der Waals surface area contributed by atoms with Gasteiger partial charge in [-0.15, -0.1) is 0 Å². The van der Waals surface area contributed by atoms with E-state index < -0.39 is 15.3 Å². The molecule has 2 N–H and O–H groups in total. The summed E-state index contributed by atoms with van der Waals surface area (Å²) in [5.74, 6) is 0. The maximum absolute atomic E-state index is 11.6. The van der Waals surface area contributed by atoms with Gasteiger partial charge >= 0.3 is 0 Å². The van der Waals surface area contributed by atoms with Crippen molar-refractivity contribution in [2.75, 3.05) is 0 Å². The van der Waals surface area contributed by atoms with E-state index in [1.165, 1.54) is 18.1 Å². The molecule has 0 spiro atoms. The summed E-state index contributed by atoms with van der Waals surface area (Å²) in [7, 11) is -3.55. The highest BCUT2D eigenvalue weighted by Gasteiger charge is 2.19. The molecule has 0 aliphatic carbocycles.